The number of aryl methyl sites for hydroxylation is 1. The molecule has 0 unspecified atom stereocenters. The second-order valence-corrected chi connectivity index (χ2v) is 3.79. The fourth-order valence-corrected chi connectivity index (χ4v) is 1.36. The SMILES string of the molecule is CCN(C)c1cnn(CCCC(=O)O)c(=O)c1. The number of carboxylic acid groups (broad SMARTS) is 1. The van der Waals surface area contributed by atoms with Gasteiger partial charge in [-0.05, 0) is 13.3 Å². The molecule has 1 aromatic rings. The van der Waals surface area contributed by atoms with Crippen LogP contribution < -0.4 is 10.5 Å². The molecule has 0 spiro atoms. The summed E-state index contributed by atoms with van der Waals surface area (Å²) in [4.78, 5) is 23.9. The number of rotatable bonds is 6. The zero-order chi connectivity index (χ0) is 12.8. The number of carboxylic acids is 1. The average Bonchev–Trinajstić information content (AvgIpc) is 2.29. The fraction of sp³-hybridized carbons (Fsp3) is 0.545. The Morgan fingerprint density at radius 3 is 2.82 bits per heavy atom. The fourth-order valence-electron chi connectivity index (χ4n) is 1.36. The Hall–Kier alpha value is -1.85. The van der Waals surface area contributed by atoms with E-state index in [1.54, 1.807) is 6.20 Å². The number of anilines is 1. The van der Waals surface area contributed by atoms with Gasteiger partial charge in [0.1, 0.15) is 0 Å². The van der Waals surface area contributed by atoms with E-state index in [2.05, 4.69) is 5.10 Å². The van der Waals surface area contributed by atoms with Crippen LogP contribution in [-0.2, 0) is 11.3 Å². The predicted molar refractivity (Wildman–Crippen MR) is 64.3 cm³/mol. The van der Waals surface area contributed by atoms with Crippen molar-refractivity contribution < 1.29 is 9.90 Å². The van der Waals surface area contributed by atoms with Crippen molar-refractivity contribution in [3.63, 3.8) is 0 Å². The number of hydrogen-bond acceptors (Lipinski definition) is 4. The summed E-state index contributed by atoms with van der Waals surface area (Å²) >= 11 is 0. The zero-order valence-corrected chi connectivity index (χ0v) is 10.1. The van der Waals surface area contributed by atoms with Gasteiger partial charge in [0.15, 0.2) is 0 Å². The summed E-state index contributed by atoms with van der Waals surface area (Å²) in [6, 6.07) is 1.51. The molecule has 0 aromatic carbocycles. The van der Waals surface area contributed by atoms with Gasteiger partial charge in [-0.3, -0.25) is 9.59 Å². The molecule has 1 N–H and O–H groups in total. The van der Waals surface area contributed by atoms with Gasteiger partial charge in [0.05, 0.1) is 11.9 Å². The van der Waals surface area contributed by atoms with Gasteiger partial charge in [-0.15, -0.1) is 0 Å². The highest BCUT2D eigenvalue weighted by atomic mass is 16.4. The molecule has 1 rings (SSSR count). The largest absolute Gasteiger partial charge is 0.481 e. The lowest BCUT2D eigenvalue weighted by atomic mass is 10.3. The second kappa shape index (κ2) is 6.03. The molecule has 17 heavy (non-hydrogen) atoms. The van der Waals surface area contributed by atoms with Crippen molar-refractivity contribution in [1.29, 1.82) is 0 Å². The van der Waals surface area contributed by atoms with Crippen LogP contribution in [-0.4, -0.2) is 34.4 Å². The molecule has 0 atom stereocenters. The van der Waals surface area contributed by atoms with Crippen molar-refractivity contribution in [2.24, 2.45) is 0 Å². The van der Waals surface area contributed by atoms with Crippen LogP contribution in [0.5, 0.6) is 0 Å². The van der Waals surface area contributed by atoms with Crippen molar-refractivity contribution in [3.8, 4) is 0 Å². The first-order valence-electron chi connectivity index (χ1n) is 5.54. The van der Waals surface area contributed by atoms with Crippen LogP contribution in [0.3, 0.4) is 0 Å². The topological polar surface area (TPSA) is 75.4 Å². The van der Waals surface area contributed by atoms with E-state index in [9.17, 15) is 9.59 Å². The van der Waals surface area contributed by atoms with Gasteiger partial charge < -0.3 is 10.0 Å². The lowest BCUT2D eigenvalue weighted by Gasteiger charge is -2.16. The van der Waals surface area contributed by atoms with E-state index in [1.165, 1.54) is 10.7 Å². The van der Waals surface area contributed by atoms with Crippen molar-refractivity contribution >= 4 is 11.7 Å². The third-order valence-electron chi connectivity index (χ3n) is 2.53. The van der Waals surface area contributed by atoms with Gasteiger partial charge in [-0.25, -0.2) is 4.68 Å². The number of carbonyl (C=O) groups is 1. The minimum absolute atomic E-state index is 0.0464. The molecule has 0 aliphatic rings. The summed E-state index contributed by atoms with van der Waals surface area (Å²) in [6.07, 6.45) is 2.07. The van der Waals surface area contributed by atoms with Crippen molar-refractivity contribution in [2.45, 2.75) is 26.3 Å². The van der Waals surface area contributed by atoms with Crippen LogP contribution in [0.25, 0.3) is 0 Å². The Balaban J connectivity index is 2.70. The minimum atomic E-state index is -0.861. The first-order valence-corrected chi connectivity index (χ1v) is 5.54. The van der Waals surface area contributed by atoms with E-state index >= 15 is 0 Å². The summed E-state index contributed by atoms with van der Waals surface area (Å²) in [6.45, 7) is 3.11. The molecule has 0 saturated carbocycles. The maximum Gasteiger partial charge on any atom is 0.303 e. The van der Waals surface area contributed by atoms with Crippen molar-refractivity contribution in [1.82, 2.24) is 9.78 Å². The van der Waals surface area contributed by atoms with E-state index in [-0.39, 0.29) is 12.0 Å². The molecule has 1 heterocycles. The van der Waals surface area contributed by atoms with E-state index in [0.717, 1.165) is 12.2 Å². The third-order valence-corrected chi connectivity index (χ3v) is 2.53. The average molecular weight is 239 g/mol. The smallest absolute Gasteiger partial charge is 0.303 e. The van der Waals surface area contributed by atoms with Gasteiger partial charge >= 0.3 is 5.97 Å². The van der Waals surface area contributed by atoms with Gasteiger partial charge in [0, 0.05) is 32.6 Å². The summed E-state index contributed by atoms with van der Waals surface area (Å²) < 4.78 is 1.29. The number of nitrogens with zero attached hydrogens (tertiary/aromatic N) is 3. The number of hydrogen-bond donors (Lipinski definition) is 1. The minimum Gasteiger partial charge on any atom is -0.481 e. The Morgan fingerprint density at radius 2 is 2.29 bits per heavy atom. The molecule has 0 bridgehead atoms. The summed E-state index contributed by atoms with van der Waals surface area (Å²) in [7, 11) is 1.88. The normalized spacial score (nSPS) is 10.2. The second-order valence-electron chi connectivity index (χ2n) is 3.79. The predicted octanol–water partition coefficient (Wildman–Crippen LogP) is 0.564. The number of aliphatic carboxylic acids is 1. The Labute approximate surface area is 99.5 Å². The van der Waals surface area contributed by atoms with Crippen LogP contribution in [0.4, 0.5) is 5.69 Å². The molecule has 0 amide bonds. The molecular weight excluding hydrogens is 222 g/mol. The first kappa shape index (κ1) is 13.2. The zero-order valence-electron chi connectivity index (χ0n) is 10.1. The summed E-state index contributed by atoms with van der Waals surface area (Å²) in [5.74, 6) is -0.861. The van der Waals surface area contributed by atoms with Gasteiger partial charge in [-0.1, -0.05) is 0 Å². The highest BCUT2D eigenvalue weighted by molar-refractivity contribution is 5.66. The molecule has 0 aliphatic carbocycles. The third kappa shape index (κ3) is 3.90. The standard InChI is InChI=1S/C11H17N3O3/c1-3-13(2)9-7-10(15)14(12-8-9)6-4-5-11(16)17/h7-8H,3-6H2,1-2H3,(H,16,17). The molecule has 0 fully saturated rings. The molecular formula is C11H17N3O3. The highest BCUT2D eigenvalue weighted by Crippen LogP contribution is 2.05. The van der Waals surface area contributed by atoms with E-state index < -0.39 is 5.97 Å². The molecule has 0 saturated heterocycles. The Bertz CT molecular complexity index is 442. The van der Waals surface area contributed by atoms with Crippen LogP contribution in [0.2, 0.25) is 0 Å². The van der Waals surface area contributed by atoms with E-state index in [1.807, 2.05) is 18.9 Å². The summed E-state index contributed by atoms with van der Waals surface area (Å²) in [5, 5.41) is 12.5. The molecule has 1 aromatic heterocycles. The lowest BCUT2D eigenvalue weighted by Crippen LogP contribution is -2.25. The highest BCUT2D eigenvalue weighted by Gasteiger charge is 2.04. The van der Waals surface area contributed by atoms with Crippen LogP contribution in [0.1, 0.15) is 19.8 Å². The Kier molecular flexibility index (Phi) is 4.68. The van der Waals surface area contributed by atoms with E-state index in [0.29, 0.717) is 13.0 Å². The molecule has 6 heteroatoms. The number of aromatic nitrogens is 2. The lowest BCUT2D eigenvalue weighted by molar-refractivity contribution is -0.137. The quantitative estimate of drug-likeness (QED) is 0.785. The maximum absolute atomic E-state index is 11.7. The summed E-state index contributed by atoms with van der Waals surface area (Å²) in [5.41, 5.74) is 0.570. The molecule has 6 nitrogen and oxygen atoms in total. The van der Waals surface area contributed by atoms with Crippen LogP contribution in [0, 0.1) is 0 Å². The molecule has 94 valence electrons. The van der Waals surface area contributed by atoms with Crippen molar-refractivity contribution in [2.75, 3.05) is 18.5 Å². The molecule has 0 aliphatic heterocycles. The Morgan fingerprint density at radius 1 is 1.59 bits per heavy atom. The van der Waals surface area contributed by atoms with Gasteiger partial charge in [0.2, 0.25) is 0 Å². The first-order chi connectivity index (χ1) is 8.04. The van der Waals surface area contributed by atoms with Gasteiger partial charge in [0.25, 0.3) is 5.56 Å². The van der Waals surface area contributed by atoms with Crippen molar-refractivity contribution in [3.05, 3.63) is 22.6 Å². The maximum atomic E-state index is 11.7. The monoisotopic (exact) mass is 239 g/mol. The van der Waals surface area contributed by atoms with Crippen LogP contribution in [0.15, 0.2) is 17.1 Å². The van der Waals surface area contributed by atoms with Crippen LogP contribution >= 0.6 is 0 Å². The van der Waals surface area contributed by atoms with E-state index in [4.69, 9.17) is 5.11 Å². The van der Waals surface area contributed by atoms with Gasteiger partial charge in [-0.2, -0.15) is 5.10 Å². The molecule has 0 radical (unpaired) electrons.